The number of nitrogens with two attached hydrogens (primary N) is 1. The molecule has 0 bridgehead atoms. The van der Waals surface area contributed by atoms with Crippen LogP contribution in [-0.4, -0.2) is 11.0 Å². The van der Waals surface area contributed by atoms with Crippen LogP contribution in [0.15, 0.2) is 36.5 Å². The predicted octanol–water partition coefficient (Wildman–Crippen LogP) is 3.93. The molecule has 3 unspecified atom stereocenters. The average molecular weight is 268 g/mol. The SMILES string of the molecule is CC1CCCC(C(N)Cc2ccnc3ccccc23)C1. The third-order valence-electron chi connectivity index (χ3n) is 4.78. The Labute approximate surface area is 121 Å². The molecule has 2 nitrogen and oxygen atoms in total. The van der Waals surface area contributed by atoms with Crippen LogP contribution in [0, 0.1) is 11.8 Å². The molecule has 0 saturated heterocycles. The van der Waals surface area contributed by atoms with Gasteiger partial charge in [0.25, 0.3) is 0 Å². The fraction of sp³-hybridized carbons (Fsp3) is 0.500. The summed E-state index contributed by atoms with van der Waals surface area (Å²) in [6.45, 7) is 2.36. The molecule has 1 saturated carbocycles. The smallest absolute Gasteiger partial charge is 0.0704 e. The summed E-state index contributed by atoms with van der Waals surface area (Å²) in [6.07, 6.45) is 8.20. The molecule has 3 rings (SSSR count). The summed E-state index contributed by atoms with van der Waals surface area (Å²) in [5, 5.41) is 1.26. The Morgan fingerprint density at radius 2 is 2.10 bits per heavy atom. The van der Waals surface area contributed by atoms with Gasteiger partial charge in [-0.15, -0.1) is 0 Å². The molecule has 1 aromatic carbocycles. The van der Waals surface area contributed by atoms with E-state index in [9.17, 15) is 0 Å². The standard InChI is InChI=1S/C18H24N2/c1-13-5-4-6-15(11-13)17(19)12-14-9-10-20-18-8-3-2-7-16(14)18/h2-3,7-10,13,15,17H,4-6,11-12,19H2,1H3. The fourth-order valence-electron chi connectivity index (χ4n) is 3.62. The van der Waals surface area contributed by atoms with Crippen LogP contribution in [0.4, 0.5) is 0 Å². The van der Waals surface area contributed by atoms with Crippen molar-refractivity contribution in [2.24, 2.45) is 17.6 Å². The molecular formula is C18H24N2. The zero-order chi connectivity index (χ0) is 13.9. The molecule has 0 amide bonds. The van der Waals surface area contributed by atoms with Crippen molar-refractivity contribution in [3.8, 4) is 0 Å². The van der Waals surface area contributed by atoms with Crippen molar-refractivity contribution in [3.63, 3.8) is 0 Å². The van der Waals surface area contributed by atoms with Gasteiger partial charge < -0.3 is 5.73 Å². The van der Waals surface area contributed by atoms with E-state index < -0.39 is 0 Å². The first-order chi connectivity index (χ1) is 9.74. The Kier molecular flexibility index (Phi) is 4.02. The van der Waals surface area contributed by atoms with E-state index in [1.807, 2.05) is 12.3 Å². The molecule has 1 heterocycles. The highest BCUT2D eigenvalue weighted by molar-refractivity contribution is 5.81. The molecule has 2 aromatic rings. The minimum atomic E-state index is 0.281. The summed E-state index contributed by atoms with van der Waals surface area (Å²) in [4.78, 5) is 4.43. The van der Waals surface area contributed by atoms with E-state index in [-0.39, 0.29) is 6.04 Å². The third kappa shape index (κ3) is 2.85. The normalized spacial score (nSPS) is 24.7. The number of benzene rings is 1. The first-order valence-electron chi connectivity index (χ1n) is 7.82. The molecule has 20 heavy (non-hydrogen) atoms. The van der Waals surface area contributed by atoms with Crippen molar-refractivity contribution >= 4 is 10.9 Å². The molecule has 1 aliphatic rings. The second-order valence-electron chi connectivity index (χ2n) is 6.39. The van der Waals surface area contributed by atoms with Crippen molar-refractivity contribution in [2.75, 3.05) is 0 Å². The first-order valence-corrected chi connectivity index (χ1v) is 7.82. The fourth-order valence-corrected chi connectivity index (χ4v) is 3.62. The van der Waals surface area contributed by atoms with E-state index in [4.69, 9.17) is 5.73 Å². The number of fused-ring (bicyclic) bond motifs is 1. The van der Waals surface area contributed by atoms with E-state index >= 15 is 0 Å². The van der Waals surface area contributed by atoms with Crippen LogP contribution >= 0.6 is 0 Å². The summed E-state index contributed by atoms with van der Waals surface area (Å²) in [7, 11) is 0. The Balaban J connectivity index is 1.78. The van der Waals surface area contributed by atoms with Crippen LogP contribution in [0.2, 0.25) is 0 Å². The number of nitrogens with zero attached hydrogens (tertiary/aromatic N) is 1. The van der Waals surface area contributed by atoms with Crippen LogP contribution in [0.3, 0.4) is 0 Å². The van der Waals surface area contributed by atoms with Gasteiger partial charge in [-0.25, -0.2) is 0 Å². The van der Waals surface area contributed by atoms with Crippen molar-refractivity contribution in [3.05, 3.63) is 42.1 Å². The Morgan fingerprint density at radius 3 is 2.95 bits per heavy atom. The maximum absolute atomic E-state index is 6.51. The van der Waals surface area contributed by atoms with Crippen LogP contribution in [-0.2, 0) is 6.42 Å². The zero-order valence-electron chi connectivity index (χ0n) is 12.3. The van der Waals surface area contributed by atoms with E-state index in [0.717, 1.165) is 17.9 Å². The van der Waals surface area contributed by atoms with E-state index in [1.54, 1.807) is 0 Å². The van der Waals surface area contributed by atoms with E-state index in [2.05, 4.69) is 36.2 Å². The molecular weight excluding hydrogens is 244 g/mol. The highest BCUT2D eigenvalue weighted by atomic mass is 14.7. The highest BCUT2D eigenvalue weighted by Crippen LogP contribution is 2.31. The van der Waals surface area contributed by atoms with Gasteiger partial charge in [0.2, 0.25) is 0 Å². The lowest BCUT2D eigenvalue weighted by Crippen LogP contribution is -2.35. The molecule has 1 aliphatic carbocycles. The first kappa shape index (κ1) is 13.6. The maximum atomic E-state index is 6.51. The molecule has 2 heteroatoms. The minimum Gasteiger partial charge on any atom is -0.327 e. The number of para-hydroxylation sites is 1. The summed E-state index contributed by atoms with van der Waals surface area (Å²) in [5.41, 5.74) is 8.94. The Hall–Kier alpha value is -1.41. The van der Waals surface area contributed by atoms with Gasteiger partial charge in [-0.3, -0.25) is 4.98 Å². The van der Waals surface area contributed by atoms with Crippen molar-refractivity contribution in [1.82, 2.24) is 4.98 Å². The van der Waals surface area contributed by atoms with Gasteiger partial charge in [0, 0.05) is 17.6 Å². The van der Waals surface area contributed by atoms with Gasteiger partial charge >= 0.3 is 0 Å². The summed E-state index contributed by atoms with van der Waals surface area (Å²) in [5.74, 6) is 1.53. The number of hydrogen-bond acceptors (Lipinski definition) is 2. The molecule has 106 valence electrons. The lowest BCUT2D eigenvalue weighted by molar-refractivity contribution is 0.245. The zero-order valence-corrected chi connectivity index (χ0v) is 12.3. The van der Waals surface area contributed by atoms with Gasteiger partial charge in [-0.05, 0) is 48.8 Å². The number of hydrogen-bond donors (Lipinski definition) is 1. The number of rotatable bonds is 3. The third-order valence-corrected chi connectivity index (χ3v) is 4.78. The van der Waals surface area contributed by atoms with Gasteiger partial charge in [0.15, 0.2) is 0 Å². The Morgan fingerprint density at radius 1 is 1.25 bits per heavy atom. The summed E-state index contributed by atoms with van der Waals surface area (Å²) < 4.78 is 0. The predicted molar refractivity (Wildman–Crippen MR) is 84.5 cm³/mol. The van der Waals surface area contributed by atoms with Crippen LogP contribution in [0.25, 0.3) is 10.9 Å². The second kappa shape index (κ2) is 5.92. The van der Waals surface area contributed by atoms with Crippen LogP contribution in [0.5, 0.6) is 0 Å². The molecule has 2 N–H and O–H groups in total. The summed E-state index contributed by atoms with van der Waals surface area (Å²) in [6, 6.07) is 10.8. The molecule has 1 aromatic heterocycles. The van der Waals surface area contributed by atoms with Gasteiger partial charge in [0.1, 0.15) is 0 Å². The highest BCUT2D eigenvalue weighted by Gasteiger charge is 2.24. The molecule has 0 aliphatic heterocycles. The van der Waals surface area contributed by atoms with Gasteiger partial charge in [-0.2, -0.15) is 0 Å². The van der Waals surface area contributed by atoms with Gasteiger partial charge in [-0.1, -0.05) is 38.0 Å². The van der Waals surface area contributed by atoms with Crippen LogP contribution < -0.4 is 5.73 Å². The van der Waals surface area contributed by atoms with E-state index in [0.29, 0.717) is 5.92 Å². The van der Waals surface area contributed by atoms with Crippen molar-refractivity contribution in [1.29, 1.82) is 0 Å². The van der Waals surface area contributed by atoms with E-state index in [1.165, 1.54) is 36.6 Å². The molecule has 3 atom stereocenters. The second-order valence-corrected chi connectivity index (χ2v) is 6.39. The Bertz CT molecular complexity index is 573. The number of pyridine rings is 1. The van der Waals surface area contributed by atoms with Crippen molar-refractivity contribution in [2.45, 2.75) is 45.1 Å². The average Bonchev–Trinajstić information content (AvgIpc) is 2.47. The molecule has 0 radical (unpaired) electrons. The topological polar surface area (TPSA) is 38.9 Å². The lowest BCUT2D eigenvalue weighted by Gasteiger charge is -2.31. The van der Waals surface area contributed by atoms with Crippen LogP contribution in [0.1, 0.15) is 38.2 Å². The van der Waals surface area contributed by atoms with Crippen molar-refractivity contribution < 1.29 is 0 Å². The van der Waals surface area contributed by atoms with Gasteiger partial charge in [0.05, 0.1) is 5.52 Å². The number of aromatic nitrogens is 1. The lowest BCUT2D eigenvalue weighted by atomic mass is 9.77. The molecule has 1 fully saturated rings. The monoisotopic (exact) mass is 268 g/mol. The molecule has 0 spiro atoms. The largest absolute Gasteiger partial charge is 0.327 e. The summed E-state index contributed by atoms with van der Waals surface area (Å²) >= 11 is 0. The quantitative estimate of drug-likeness (QED) is 0.916. The maximum Gasteiger partial charge on any atom is 0.0704 e. The minimum absolute atomic E-state index is 0.281.